The van der Waals surface area contributed by atoms with Crippen molar-refractivity contribution in [3.8, 4) is 5.75 Å². The van der Waals surface area contributed by atoms with Crippen LogP contribution in [0.25, 0.3) is 10.8 Å². The Balaban J connectivity index is 2.82. The molecule has 0 saturated heterocycles. The normalized spacial score (nSPS) is 11.3. The number of hydrogen-bond donors (Lipinski definition) is 1. The van der Waals surface area contributed by atoms with Crippen molar-refractivity contribution in [3.05, 3.63) is 35.9 Å². The smallest absolute Gasteiger partial charge is 0.151 e. The Morgan fingerprint density at radius 2 is 1.93 bits per heavy atom. The second-order valence-electron chi connectivity index (χ2n) is 3.41. The van der Waals surface area contributed by atoms with Gasteiger partial charge in [-0.15, -0.1) is 0 Å². The molecule has 1 N–H and O–H groups in total. The molecule has 0 heterocycles. The van der Waals surface area contributed by atoms with Gasteiger partial charge in [-0.3, -0.25) is 0 Å². The predicted octanol–water partition coefficient (Wildman–Crippen LogP) is 3.57. The van der Waals surface area contributed by atoms with Gasteiger partial charge in [0.25, 0.3) is 0 Å². The lowest BCUT2D eigenvalue weighted by Gasteiger charge is -2.05. The SMILES string of the molecule is CN=Nc1ccc2cccc(C)c2c1O. The molecule has 0 aromatic heterocycles. The van der Waals surface area contributed by atoms with E-state index in [4.69, 9.17) is 0 Å². The van der Waals surface area contributed by atoms with Gasteiger partial charge >= 0.3 is 0 Å². The average molecular weight is 200 g/mol. The van der Waals surface area contributed by atoms with Crippen molar-refractivity contribution in [2.45, 2.75) is 6.92 Å². The summed E-state index contributed by atoms with van der Waals surface area (Å²) in [6.45, 7) is 1.97. The summed E-state index contributed by atoms with van der Waals surface area (Å²) in [7, 11) is 1.58. The Morgan fingerprint density at radius 3 is 2.67 bits per heavy atom. The third-order valence-corrected chi connectivity index (χ3v) is 2.41. The Morgan fingerprint density at radius 1 is 1.13 bits per heavy atom. The van der Waals surface area contributed by atoms with E-state index in [0.717, 1.165) is 16.3 Å². The standard InChI is InChI=1S/C12H12N2O/c1-8-4-3-5-9-6-7-10(14-13-2)12(15)11(8)9/h3-7,15H,1-2H3. The quantitative estimate of drug-likeness (QED) is 0.703. The van der Waals surface area contributed by atoms with Crippen LogP contribution in [0.3, 0.4) is 0 Å². The highest BCUT2D eigenvalue weighted by atomic mass is 16.3. The zero-order chi connectivity index (χ0) is 10.8. The number of azo groups is 1. The van der Waals surface area contributed by atoms with Crippen molar-refractivity contribution in [1.82, 2.24) is 0 Å². The lowest BCUT2D eigenvalue weighted by Crippen LogP contribution is -1.79. The molecule has 0 atom stereocenters. The molecule has 3 nitrogen and oxygen atoms in total. The summed E-state index contributed by atoms with van der Waals surface area (Å²) < 4.78 is 0. The van der Waals surface area contributed by atoms with Gasteiger partial charge in [-0.05, 0) is 23.9 Å². The molecule has 2 rings (SSSR count). The fourth-order valence-electron chi connectivity index (χ4n) is 1.72. The summed E-state index contributed by atoms with van der Waals surface area (Å²) in [6.07, 6.45) is 0. The molecule has 0 saturated carbocycles. The topological polar surface area (TPSA) is 45.0 Å². The van der Waals surface area contributed by atoms with Gasteiger partial charge in [-0.1, -0.05) is 24.3 Å². The first-order chi connectivity index (χ1) is 7.24. The largest absolute Gasteiger partial charge is 0.505 e. The Bertz CT molecular complexity index is 532. The molecule has 0 unspecified atom stereocenters. The minimum Gasteiger partial charge on any atom is -0.505 e. The first-order valence-electron chi connectivity index (χ1n) is 4.75. The number of phenolic OH excluding ortho intramolecular Hbond substituents is 1. The summed E-state index contributed by atoms with van der Waals surface area (Å²) in [4.78, 5) is 0. The van der Waals surface area contributed by atoms with Crippen molar-refractivity contribution in [2.75, 3.05) is 7.05 Å². The second-order valence-corrected chi connectivity index (χ2v) is 3.41. The van der Waals surface area contributed by atoms with Gasteiger partial charge in [0.05, 0.1) is 0 Å². The Hall–Kier alpha value is -1.90. The molecule has 0 bridgehead atoms. The van der Waals surface area contributed by atoms with E-state index in [-0.39, 0.29) is 5.75 Å². The maximum atomic E-state index is 10.0. The highest BCUT2D eigenvalue weighted by Crippen LogP contribution is 2.36. The van der Waals surface area contributed by atoms with Gasteiger partial charge in [0.2, 0.25) is 0 Å². The summed E-state index contributed by atoms with van der Waals surface area (Å²) in [5.74, 6) is 0.205. The number of rotatable bonds is 1. The predicted molar refractivity (Wildman–Crippen MR) is 60.8 cm³/mol. The molecule has 2 aromatic rings. The molecule has 0 aliphatic heterocycles. The van der Waals surface area contributed by atoms with E-state index >= 15 is 0 Å². The van der Waals surface area contributed by atoms with Gasteiger partial charge in [0, 0.05) is 12.4 Å². The van der Waals surface area contributed by atoms with E-state index in [1.54, 1.807) is 13.1 Å². The van der Waals surface area contributed by atoms with Crippen LogP contribution in [0.5, 0.6) is 5.75 Å². The zero-order valence-corrected chi connectivity index (χ0v) is 8.73. The molecule has 0 fully saturated rings. The van der Waals surface area contributed by atoms with Gasteiger partial charge in [0.1, 0.15) is 5.69 Å². The van der Waals surface area contributed by atoms with Crippen molar-refractivity contribution < 1.29 is 5.11 Å². The second kappa shape index (κ2) is 3.69. The number of aromatic hydroxyl groups is 1. The van der Waals surface area contributed by atoms with Crippen LogP contribution in [0.4, 0.5) is 5.69 Å². The van der Waals surface area contributed by atoms with Crippen molar-refractivity contribution in [1.29, 1.82) is 0 Å². The van der Waals surface area contributed by atoms with E-state index in [0.29, 0.717) is 5.69 Å². The number of phenols is 1. The van der Waals surface area contributed by atoms with Gasteiger partial charge < -0.3 is 5.11 Å². The maximum absolute atomic E-state index is 10.0. The van der Waals surface area contributed by atoms with Gasteiger partial charge in [-0.25, -0.2) is 0 Å². The van der Waals surface area contributed by atoms with E-state index in [1.165, 1.54) is 0 Å². The summed E-state index contributed by atoms with van der Waals surface area (Å²) in [5, 5.41) is 19.4. The lowest BCUT2D eigenvalue weighted by molar-refractivity contribution is 0.482. The highest BCUT2D eigenvalue weighted by molar-refractivity contribution is 5.94. The molecule has 0 aliphatic carbocycles. The number of nitrogens with zero attached hydrogens (tertiary/aromatic N) is 2. The van der Waals surface area contributed by atoms with Crippen molar-refractivity contribution in [2.24, 2.45) is 10.2 Å². The Kier molecular flexibility index (Phi) is 2.37. The molecule has 2 aromatic carbocycles. The molecular formula is C12H12N2O. The first-order valence-corrected chi connectivity index (χ1v) is 4.75. The van der Waals surface area contributed by atoms with Gasteiger partial charge in [0.15, 0.2) is 5.75 Å². The molecule has 3 heteroatoms. The number of aryl methyl sites for hydroxylation is 1. The third-order valence-electron chi connectivity index (χ3n) is 2.41. The van der Waals surface area contributed by atoms with Crippen LogP contribution < -0.4 is 0 Å². The van der Waals surface area contributed by atoms with Crippen LogP contribution in [0, 0.1) is 6.92 Å². The van der Waals surface area contributed by atoms with Crippen molar-refractivity contribution in [3.63, 3.8) is 0 Å². The molecule has 0 radical (unpaired) electrons. The maximum Gasteiger partial charge on any atom is 0.151 e. The van der Waals surface area contributed by atoms with Crippen LogP contribution in [0.2, 0.25) is 0 Å². The summed E-state index contributed by atoms with van der Waals surface area (Å²) in [5.41, 5.74) is 1.55. The fourth-order valence-corrected chi connectivity index (χ4v) is 1.72. The molecule has 0 aliphatic rings. The van der Waals surface area contributed by atoms with Crippen LogP contribution in [0.1, 0.15) is 5.56 Å². The molecular weight excluding hydrogens is 188 g/mol. The number of fused-ring (bicyclic) bond motifs is 1. The van der Waals surface area contributed by atoms with E-state index < -0.39 is 0 Å². The molecule has 0 spiro atoms. The average Bonchev–Trinajstić information content (AvgIpc) is 2.22. The minimum absolute atomic E-state index is 0.205. The van der Waals surface area contributed by atoms with Crippen LogP contribution >= 0.6 is 0 Å². The number of hydrogen-bond acceptors (Lipinski definition) is 3. The van der Waals surface area contributed by atoms with E-state index in [2.05, 4.69) is 10.2 Å². The number of benzene rings is 2. The highest BCUT2D eigenvalue weighted by Gasteiger charge is 2.07. The summed E-state index contributed by atoms with van der Waals surface area (Å²) >= 11 is 0. The van der Waals surface area contributed by atoms with E-state index in [1.807, 2.05) is 31.2 Å². The minimum atomic E-state index is 0.205. The fraction of sp³-hybridized carbons (Fsp3) is 0.167. The van der Waals surface area contributed by atoms with Crippen LogP contribution in [-0.4, -0.2) is 12.2 Å². The third kappa shape index (κ3) is 1.56. The van der Waals surface area contributed by atoms with Crippen LogP contribution in [0.15, 0.2) is 40.6 Å². The van der Waals surface area contributed by atoms with E-state index in [9.17, 15) is 5.11 Å². The molecule has 15 heavy (non-hydrogen) atoms. The van der Waals surface area contributed by atoms with Crippen molar-refractivity contribution >= 4 is 16.5 Å². The lowest BCUT2D eigenvalue weighted by atomic mass is 10.0. The monoisotopic (exact) mass is 200 g/mol. The first kappa shape index (κ1) is 9.65. The zero-order valence-electron chi connectivity index (χ0n) is 8.73. The molecule has 0 amide bonds. The summed E-state index contributed by atoms with van der Waals surface area (Å²) in [6, 6.07) is 9.61. The van der Waals surface area contributed by atoms with Crippen LogP contribution in [-0.2, 0) is 0 Å². The Labute approximate surface area is 88.1 Å². The molecule has 76 valence electrons. The van der Waals surface area contributed by atoms with Gasteiger partial charge in [-0.2, -0.15) is 10.2 Å².